The summed E-state index contributed by atoms with van der Waals surface area (Å²) in [6.45, 7) is 2.03. The highest BCUT2D eigenvalue weighted by Gasteiger charge is 2.35. The number of carbonyl (C=O) groups excluding carboxylic acids is 2. The Morgan fingerprint density at radius 1 is 1.20 bits per heavy atom. The number of hydrogen-bond donors (Lipinski definition) is 0. The summed E-state index contributed by atoms with van der Waals surface area (Å²) >= 11 is 6.82. The van der Waals surface area contributed by atoms with Crippen LogP contribution in [0.4, 0.5) is 9.18 Å². The molecule has 0 saturated carbocycles. The monoisotopic (exact) mass is 446 g/mol. The molecule has 0 aliphatic carbocycles. The standard InChI is InChI=1S/C21H16ClFN2O4S/c1-2-28-18-9-13(3-6-17(18)29-8-7-24)10-19-20(26)25(21(27)30-19)12-14-4-5-15(23)11-16(14)22/h3-6,9-11H,2,8,12H2,1H3/b19-10-. The van der Waals surface area contributed by atoms with Crippen molar-refractivity contribution in [2.45, 2.75) is 13.5 Å². The molecule has 0 aromatic heterocycles. The van der Waals surface area contributed by atoms with Crippen LogP contribution in [0, 0.1) is 17.1 Å². The molecule has 0 radical (unpaired) electrons. The van der Waals surface area contributed by atoms with Gasteiger partial charge in [-0.1, -0.05) is 23.7 Å². The average molecular weight is 447 g/mol. The molecule has 1 fully saturated rings. The van der Waals surface area contributed by atoms with Crippen molar-refractivity contribution in [2.75, 3.05) is 13.2 Å². The lowest BCUT2D eigenvalue weighted by Gasteiger charge is -2.13. The third-order valence-electron chi connectivity index (χ3n) is 4.07. The van der Waals surface area contributed by atoms with E-state index in [9.17, 15) is 14.0 Å². The lowest BCUT2D eigenvalue weighted by atomic mass is 10.1. The Morgan fingerprint density at radius 3 is 2.70 bits per heavy atom. The Balaban J connectivity index is 1.82. The molecule has 1 aliphatic rings. The molecule has 0 unspecified atom stereocenters. The predicted octanol–water partition coefficient (Wildman–Crippen LogP) is 5.02. The van der Waals surface area contributed by atoms with Crippen molar-refractivity contribution < 1.29 is 23.5 Å². The van der Waals surface area contributed by atoms with Gasteiger partial charge in [-0.05, 0) is 60.2 Å². The van der Waals surface area contributed by atoms with E-state index >= 15 is 0 Å². The highest BCUT2D eigenvalue weighted by atomic mass is 35.5. The second-order valence-corrected chi connectivity index (χ2v) is 7.49. The third-order valence-corrected chi connectivity index (χ3v) is 5.33. The predicted molar refractivity (Wildman–Crippen MR) is 112 cm³/mol. The largest absolute Gasteiger partial charge is 0.490 e. The Bertz CT molecular complexity index is 1070. The van der Waals surface area contributed by atoms with Crippen molar-refractivity contribution in [3.8, 4) is 17.6 Å². The number of thioether (sulfide) groups is 1. The summed E-state index contributed by atoms with van der Waals surface area (Å²) in [6.07, 6.45) is 1.58. The van der Waals surface area contributed by atoms with E-state index in [-0.39, 0.29) is 23.1 Å². The van der Waals surface area contributed by atoms with E-state index < -0.39 is 17.0 Å². The van der Waals surface area contributed by atoms with Crippen LogP contribution in [0.3, 0.4) is 0 Å². The van der Waals surface area contributed by atoms with Gasteiger partial charge >= 0.3 is 0 Å². The number of carbonyl (C=O) groups is 2. The van der Waals surface area contributed by atoms with Gasteiger partial charge in [-0.15, -0.1) is 0 Å². The number of nitriles is 1. The second-order valence-electron chi connectivity index (χ2n) is 6.09. The number of benzene rings is 2. The molecule has 0 spiro atoms. The van der Waals surface area contributed by atoms with Crippen LogP contribution in [0.25, 0.3) is 6.08 Å². The van der Waals surface area contributed by atoms with E-state index in [2.05, 4.69) is 0 Å². The summed E-state index contributed by atoms with van der Waals surface area (Å²) in [5.74, 6) is -0.119. The molecule has 2 amide bonds. The molecular formula is C21H16ClFN2O4S. The molecule has 0 N–H and O–H groups in total. The molecule has 1 heterocycles. The first-order valence-corrected chi connectivity index (χ1v) is 10.1. The zero-order valence-corrected chi connectivity index (χ0v) is 17.4. The number of nitrogens with zero attached hydrogens (tertiary/aromatic N) is 2. The smallest absolute Gasteiger partial charge is 0.293 e. The van der Waals surface area contributed by atoms with Crippen molar-refractivity contribution in [2.24, 2.45) is 0 Å². The normalized spacial score (nSPS) is 14.9. The van der Waals surface area contributed by atoms with E-state index in [1.807, 2.05) is 13.0 Å². The first kappa shape index (κ1) is 21.7. The fourth-order valence-electron chi connectivity index (χ4n) is 2.72. The maximum Gasteiger partial charge on any atom is 0.293 e. The van der Waals surface area contributed by atoms with Gasteiger partial charge < -0.3 is 9.47 Å². The first-order chi connectivity index (χ1) is 14.4. The van der Waals surface area contributed by atoms with Crippen LogP contribution in [0.2, 0.25) is 5.02 Å². The SMILES string of the molecule is CCOc1cc(/C=C2\SC(=O)N(Cc3ccc(F)cc3Cl)C2=O)ccc1OCC#N. The minimum atomic E-state index is -0.495. The van der Waals surface area contributed by atoms with E-state index in [4.69, 9.17) is 26.3 Å². The lowest BCUT2D eigenvalue weighted by Crippen LogP contribution is -2.27. The number of ether oxygens (including phenoxy) is 2. The number of hydrogen-bond acceptors (Lipinski definition) is 6. The maximum atomic E-state index is 13.2. The van der Waals surface area contributed by atoms with Crippen LogP contribution in [-0.4, -0.2) is 29.3 Å². The molecule has 0 bridgehead atoms. The number of halogens is 2. The van der Waals surface area contributed by atoms with Gasteiger partial charge in [-0.3, -0.25) is 14.5 Å². The lowest BCUT2D eigenvalue weighted by molar-refractivity contribution is -0.123. The van der Waals surface area contributed by atoms with Crippen molar-refractivity contribution in [1.29, 1.82) is 5.26 Å². The summed E-state index contributed by atoms with van der Waals surface area (Å²) in [5, 5.41) is 8.39. The molecule has 30 heavy (non-hydrogen) atoms. The summed E-state index contributed by atoms with van der Waals surface area (Å²) in [7, 11) is 0. The van der Waals surface area contributed by atoms with Gasteiger partial charge in [0.2, 0.25) is 0 Å². The second kappa shape index (κ2) is 9.65. The number of imide groups is 1. The van der Waals surface area contributed by atoms with E-state index in [0.717, 1.165) is 22.7 Å². The minimum absolute atomic E-state index is 0.0494. The quantitative estimate of drug-likeness (QED) is 0.556. The molecule has 3 rings (SSSR count). The van der Waals surface area contributed by atoms with Crippen molar-refractivity contribution in [1.82, 2.24) is 4.90 Å². The fourth-order valence-corrected chi connectivity index (χ4v) is 3.79. The van der Waals surface area contributed by atoms with Crippen molar-refractivity contribution in [3.63, 3.8) is 0 Å². The number of amides is 2. The average Bonchev–Trinajstić information content (AvgIpc) is 2.97. The molecule has 1 saturated heterocycles. The number of rotatable bonds is 7. The topological polar surface area (TPSA) is 79.6 Å². The van der Waals surface area contributed by atoms with Crippen molar-refractivity contribution >= 4 is 40.6 Å². The van der Waals surface area contributed by atoms with Crippen LogP contribution in [0.1, 0.15) is 18.1 Å². The highest BCUT2D eigenvalue weighted by Crippen LogP contribution is 2.36. The molecule has 2 aromatic rings. The molecule has 9 heteroatoms. The molecule has 2 aromatic carbocycles. The molecule has 154 valence electrons. The Labute approximate surface area is 181 Å². The summed E-state index contributed by atoms with van der Waals surface area (Å²) in [6, 6.07) is 10.7. The van der Waals surface area contributed by atoms with Crippen LogP contribution in [0.15, 0.2) is 41.3 Å². The Hall–Kier alpha value is -3.02. The zero-order valence-electron chi connectivity index (χ0n) is 15.9. The molecule has 6 nitrogen and oxygen atoms in total. The molecular weight excluding hydrogens is 431 g/mol. The third kappa shape index (κ3) is 4.93. The van der Waals surface area contributed by atoms with Gasteiger partial charge in [0, 0.05) is 5.02 Å². The summed E-state index contributed by atoms with van der Waals surface area (Å²) < 4.78 is 24.1. The first-order valence-electron chi connectivity index (χ1n) is 8.88. The minimum Gasteiger partial charge on any atom is -0.490 e. The Kier molecular flexibility index (Phi) is 6.98. The maximum absolute atomic E-state index is 13.2. The van der Waals surface area contributed by atoms with Gasteiger partial charge in [0.05, 0.1) is 18.1 Å². The highest BCUT2D eigenvalue weighted by molar-refractivity contribution is 8.18. The van der Waals surface area contributed by atoms with Gasteiger partial charge in [-0.2, -0.15) is 5.26 Å². The van der Waals surface area contributed by atoms with Gasteiger partial charge in [0.1, 0.15) is 11.9 Å². The van der Waals surface area contributed by atoms with Crippen LogP contribution in [-0.2, 0) is 11.3 Å². The summed E-state index contributed by atoms with van der Waals surface area (Å²) in [5.41, 5.74) is 1.10. The van der Waals surface area contributed by atoms with Gasteiger partial charge in [0.25, 0.3) is 11.1 Å². The van der Waals surface area contributed by atoms with Crippen molar-refractivity contribution in [3.05, 3.63) is 63.3 Å². The summed E-state index contributed by atoms with van der Waals surface area (Å²) in [4.78, 5) is 26.4. The zero-order chi connectivity index (χ0) is 21.7. The van der Waals surface area contributed by atoms with Gasteiger partial charge in [-0.25, -0.2) is 4.39 Å². The Morgan fingerprint density at radius 2 is 2.00 bits per heavy atom. The van der Waals surface area contributed by atoms with Crippen LogP contribution < -0.4 is 9.47 Å². The van der Waals surface area contributed by atoms with Crippen LogP contribution in [0.5, 0.6) is 11.5 Å². The van der Waals surface area contributed by atoms with E-state index in [0.29, 0.717) is 29.2 Å². The molecule has 0 atom stereocenters. The van der Waals surface area contributed by atoms with Crippen LogP contribution >= 0.6 is 23.4 Å². The fraction of sp³-hybridized carbons (Fsp3) is 0.190. The van der Waals surface area contributed by atoms with E-state index in [1.54, 1.807) is 24.3 Å². The van der Waals surface area contributed by atoms with E-state index in [1.165, 1.54) is 12.1 Å². The molecule has 1 aliphatic heterocycles. The van der Waals surface area contributed by atoms with Gasteiger partial charge in [0.15, 0.2) is 18.1 Å².